The largest absolute Gasteiger partial charge is 0.462 e. The molecule has 8 nitrogen and oxygen atoms in total. The molecule has 0 aliphatic carbocycles. The molecule has 2 aromatic rings. The van der Waals surface area contributed by atoms with Crippen molar-refractivity contribution in [3.8, 4) is 0 Å². The fraction of sp³-hybridized carbons (Fsp3) is 0.235. The minimum atomic E-state index is -0.645. The van der Waals surface area contributed by atoms with Crippen molar-refractivity contribution in [2.75, 3.05) is 11.9 Å². The van der Waals surface area contributed by atoms with Gasteiger partial charge in [-0.3, -0.25) is 14.9 Å². The molecule has 142 valence electrons. The highest BCUT2D eigenvalue weighted by atomic mass is 79.9. The topological polar surface area (TPSA) is 111 Å². The molecule has 0 radical (unpaired) electrons. The number of ether oxygens (including phenoxy) is 1. The molecule has 0 aliphatic heterocycles. The highest BCUT2D eigenvalue weighted by molar-refractivity contribution is 9.10. The van der Waals surface area contributed by atoms with Crippen LogP contribution in [-0.2, 0) is 11.3 Å². The van der Waals surface area contributed by atoms with E-state index in [1.54, 1.807) is 13.0 Å². The summed E-state index contributed by atoms with van der Waals surface area (Å²) in [6.45, 7) is 3.17. The normalized spacial score (nSPS) is 10.4. The molecule has 0 fully saturated rings. The van der Waals surface area contributed by atoms with Crippen LogP contribution >= 0.6 is 27.5 Å². The Bertz CT molecular complexity index is 920. The summed E-state index contributed by atoms with van der Waals surface area (Å²) < 4.78 is 5.36. The van der Waals surface area contributed by atoms with Crippen molar-refractivity contribution in [1.29, 1.82) is 0 Å². The number of rotatable bonds is 7. The number of anilines is 1. The van der Waals surface area contributed by atoms with Crippen molar-refractivity contribution in [3.63, 3.8) is 0 Å². The summed E-state index contributed by atoms with van der Waals surface area (Å²) in [5.74, 6) is -0.992. The molecule has 0 aliphatic rings. The molecule has 0 amide bonds. The number of nitro groups is 1. The maximum Gasteiger partial charge on any atom is 0.338 e. The second-order valence-corrected chi connectivity index (χ2v) is 6.54. The van der Waals surface area contributed by atoms with E-state index in [0.717, 1.165) is 0 Å². The quantitative estimate of drug-likeness (QED) is 0.216. The number of benzene rings is 1. The third-order valence-electron chi connectivity index (χ3n) is 3.55. The number of carbonyl (C=O) groups is 2. The molecule has 0 bridgehead atoms. The summed E-state index contributed by atoms with van der Waals surface area (Å²) in [6, 6.07) is 5.77. The zero-order chi connectivity index (χ0) is 20.1. The third kappa shape index (κ3) is 4.81. The summed E-state index contributed by atoms with van der Waals surface area (Å²) in [4.78, 5) is 38.6. The van der Waals surface area contributed by atoms with Crippen LogP contribution < -0.4 is 5.32 Å². The summed E-state index contributed by atoms with van der Waals surface area (Å²) in [5, 5.41) is 14.0. The molecule has 1 aromatic heterocycles. The van der Waals surface area contributed by atoms with Gasteiger partial charge in [0.15, 0.2) is 5.78 Å². The molecular formula is C17H15BrClN3O5. The van der Waals surface area contributed by atoms with E-state index in [4.69, 9.17) is 16.3 Å². The summed E-state index contributed by atoms with van der Waals surface area (Å²) in [7, 11) is 0. The van der Waals surface area contributed by atoms with Crippen LogP contribution in [0.15, 0.2) is 28.9 Å². The molecular weight excluding hydrogens is 442 g/mol. The van der Waals surface area contributed by atoms with Gasteiger partial charge in [-0.1, -0.05) is 17.7 Å². The standard InChI is InChI=1S/C17H15BrClN3O5/c1-3-27-17(24)11-5-4-10(15(19)14(11)9(2)23)8-20-16-12(22(25)26)6-7-13(18)21-16/h4-7H,3,8H2,1-2H3,(H,20,21). The van der Waals surface area contributed by atoms with E-state index < -0.39 is 16.7 Å². The van der Waals surface area contributed by atoms with E-state index in [1.165, 1.54) is 25.1 Å². The van der Waals surface area contributed by atoms with E-state index in [-0.39, 0.29) is 40.8 Å². The van der Waals surface area contributed by atoms with Gasteiger partial charge in [-0.15, -0.1) is 0 Å². The first kappa shape index (κ1) is 20.8. The van der Waals surface area contributed by atoms with E-state index in [9.17, 15) is 19.7 Å². The van der Waals surface area contributed by atoms with E-state index in [2.05, 4.69) is 26.2 Å². The molecule has 1 heterocycles. The number of aromatic nitrogens is 1. The molecule has 10 heteroatoms. The van der Waals surface area contributed by atoms with Crippen molar-refractivity contribution in [3.05, 3.63) is 60.7 Å². The summed E-state index contributed by atoms with van der Waals surface area (Å²) >= 11 is 9.48. The Balaban J connectivity index is 2.37. The number of pyridine rings is 1. The first-order valence-corrected chi connectivity index (χ1v) is 8.97. The summed E-state index contributed by atoms with van der Waals surface area (Å²) in [6.07, 6.45) is 0. The number of Topliss-reactive ketones (excluding diaryl/α,β-unsaturated/α-hetero) is 1. The lowest BCUT2D eigenvalue weighted by Crippen LogP contribution is -2.13. The number of hydrogen-bond donors (Lipinski definition) is 1. The number of esters is 1. The summed E-state index contributed by atoms with van der Waals surface area (Å²) in [5.41, 5.74) is 0.394. The molecule has 0 atom stereocenters. The fourth-order valence-corrected chi connectivity index (χ4v) is 3.04. The first-order valence-electron chi connectivity index (χ1n) is 7.80. The van der Waals surface area contributed by atoms with Crippen LogP contribution in [0.25, 0.3) is 0 Å². The van der Waals surface area contributed by atoms with Crippen LogP contribution in [0.3, 0.4) is 0 Å². The SMILES string of the molecule is CCOC(=O)c1ccc(CNc2nc(Br)ccc2[N+](=O)[O-])c(Cl)c1C(C)=O. The monoisotopic (exact) mass is 455 g/mol. The zero-order valence-electron chi connectivity index (χ0n) is 14.4. The molecule has 0 saturated carbocycles. The van der Waals surface area contributed by atoms with Gasteiger partial charge in [-0.25, -0.2) is 9.78 Å². The van der Waals surface area contributed by atoms with E-state index in [0.29, 0.717) is 10.2 Å². The maximum atomic E-state index is 12.0. The molecule has 0 saturated heterocycles. The van der Waals surface area contributed by atoms with Crippen LogP contribution in [0.2, 0.25) is 5.02 Å². The van der Waals surface area contributed by atoms with Crippen LogP contribution in [0.5, 0.6) is 0 Å². The highest BCUT2D eigenvalue weighted by Gasteiger charge is 2.22. The lowest BCUT2D eigenvalue weighted by molar-refractivity contribution is -0.384. The number of ketones is 1. The number of halogens is 2. The lowest BCUT2D eigenvalue weighted by atomic mass is 10.0. The molecule has 0 unspecified atom stereocenters. The highest BCUT2D eigenvalue weighted by Crippen LogP contribution is 2.29. The Morgan fingerprint density at radius 2 is 2.04 bits per heavy atom. The van der Waals surface area contributed by atoms with Gasteiger partial charge >= 0.3 is 11.7 Å². The minimum absolute atomic E-state index is 0.0456. The van der Waals surface area contributed by atoms with Crippen molar-refractivity contribution < 1.29 is 19.2 Å². The molecule has 27 heavy (non-hydrogen) atoms. The number of nitrogens with zero attached hydrogens (tertiary/aromatic N) is 2. The van der Waals surface area contributed by atoms with E-state index >= 15 is 0 Å². The average molecular weight is 457 g/mol. The molecule has 0 spiro atoms. The first-order chi connectivity index (χ1) is 12.8. The van der Waals surface area contributed by atoms with E-state index in [1.807, 2.05) is 0 Å². The Morgan fingerprint density at radius 1 is 1.33 bits per heavy atom. The van der Waals surface area contributed by atoms with Gasteiger partial charge in [0.25, 0.3) is 0 Å². The predicted molar refractivity (Wildman–Crippen MR) is 103 cm³/mol. The van der Waals surface area contributed by atoms with Crippen molar-refractivity contribution >= 4 is 50.8 Å². The Morgan fingerprint density at radius 3 is 2.63 bits per heavy atom. The van der Waals surface area contributed by atoms with Crippen molar-refractivity contribution in [2.45, 2.75) is 20.4 Å². The smallest absolute Gasteiger partial charge is 0.338 e. The Kier molecular flexibility index (Phi) is 6.86. The van der Waals surface area contributed by atoms with Gasteiger partial charge in [0.1, 0.15) is 4.60 Å². The second kappa shape index (κ2) is 8.92. The van der Waals surface area contributed by atoms with Crippen LogP contribution in [0.1, 0.15) is 40.1 Å². The van der Waals surface area contributed by atoms with Gasteiger partial charge in [0.2, 0.25) is 5.82 Å². The van der Waals surface area contributed by atoms with Gasteiger partial charge in [0.05, 0.1) is 27.7 Å². The Labute approximate surface area is 168 Å². The van der Waals surface area contributed by atoms with Crippen LogP contribution in [-0.4, -0.2) is 28.3 Å². The molecule has 1 N–H and O–H groups in total. The third-order valence-corrected chi connectivity index (χ3v) is 4.43. The Hall–Kier alpha value is -2.52. The maximum absolute atomic E-state index is 12.0. The number of nitrogens with one attached hydrogen (secondary N) is 1. The second-order valence-electron chi connectivity index (χ2n) is 5.35. The number of hydrogen-bond acceptors (Lipinski definition) is 7. The zero-order valence-corrected chi connectivity index (χ0v) is 16.8. The molecule has 2 rings (SSSR count). The van der Waals surface area contributed by atoms with Crippen LogP contribution in [0, 0.1) is 10.1 Å². The van der Waals surface area contributed by atoms with Crippen LogP contribution in [0.4, 0.5) is 11.5 Å². The van der Waals surface area contributed by atoms with Gasteiger partial charge in [-0.2, -0.15) is 0 Å². The fourth-order valence-electron chi connectivity index (χ4n) is 2.36. The molecule has 1 aromatic carbocycles. The predicted octanol–water partition coefficient (Wildman–Crippen LogP) is 4.40. The van der Waals surface area contributed by atoms with Crippen molar-refractivity contribution in [2.24, 2.45) is 0 Å². The van der Waals surface area contributed by atoms with Crippen molar-refractivity contribution in [1.82, 2.24) is 4.98 Å². The van der Waals surface area contributed by atoms with Gasteiger partial charge < -0.3 is 10.1 Å². The van der Waals surface area contributed by atoms with Gasteiger partial charge in [-0.05, 0) is 47.5 Å². The lowest BCUT2D eigenvalue weighted by Gasteiger charge is -2.13. The average Bonchev–Trinajstić information content (AvgIpc) is 2.60. The number of carbonyl (C=O) groups excluding carboxylic acids is 2. The van der Waals surface area contributed by atoms with Gasteiger partial charge in [0, 0.05) is 12.6 Å². The minimum Gasteiger partial charge on any atom is -0.462 e.